The van der Waals surface area contributed by atoms with Gasteiger partial charge in [0.05, 0.1) is 29.6 Å². The number of amides is 3. The molecule has 2 atom stereocenters. The quantitative estimate of drug-likeness (QED) is 0.682. The molecule has 10 heteroatoms. The lowest BCUT2D eigenvalue weighted by Gasteiger charge is -2.30. The Labute approximate surface area is 177 Å². The number of anilines is 1. The smallest absolute Gasteiger partial charge is 0.343 e. The number of para-hydroxylation sites is 1. The fourth-order valence-electron chi connectivity index (χ4n) is 3.92. The Morgan fingerprint density at radius 2 is 2.03 bits per heavy atom. The van der Waals surface area contributed by atoms with Gasteiger partial charge in [-0.25, -0.2) is 14.4 Å². The minimum absolute atomic E-state index is 0.139. The molecule has 3 amide bonds. The molecule has 0 bridgehead atoms. The van der Waals surface area contributed by atoms with Crippen molar-refractivity contribution in [3.8, 4) is 0 Å². The summed E-state index contributed by atoms with van der Waals surface area (Å²) >= 11 is 1.29. The highest BCUT2D eigenvalue weighted by molar-refractivity contribution is 8.02. The van der Waals surface area contributed by atoms with E-state index in [-0.39, 0.29) is 36.8 Å². The monoisotopic (exact) mass is 431 g/mol. The SMILES string of the molecule is CCOC(=O)C1=C(COC(=O)[C@@]23CCC(=O)N2c2ccccc2S3)NC(=O)N[C@H]1C. The molecular weight excluding hydrogens is 410 g/mol. The lowest BCUT2D eigenvalue weighted by molar-refractivity contribution is -0.146. The molecule has 4 rings (SSSR count). The molecule has 2 N–H and O–H groups in total. The Kier molecular flexibility index (Phi) is 5.19. The Hall–Kier alpha value is -3.01. The summed E-state index contributed by atoms with van der Waals surface area (Å²) in [6.45, 7) is 3.18. The number of benzene rings is 1. The van der Waals surface area contributed by atoms with Gasteiger partial charge in [0.25, 0.3) is 0 Å². The van der Waals surface area contributed by atoms with Gasteiger partial charge in [-0.05, 0) is 26.0 Å². The summed E-state index contributed by atoms with van der Waals surface area (Å²) in [4.78, 5) is 51.0. The minimum Gasteiger partial charge on any atom is -0.463 e. The van der Waals surface area contributed by atoms with Crippen LogP contribution in [-0.4, -0.2) is 48.0 Å². The Morgan fingerprint density at radius 3 is 2.80 bits per heavy atom. The van der Waals surface area contributed by atoms with Gasteiger partial charge in [0.2, 0.25) is 5.91 Å². The van der Waals surface area contributed by atoms with Crippen molar-refractivity contribution < 1.29 is 28.7 Å². The normalized spacial score (nSPS) is 24.7. The maximum atomic E-state index is 13.2. The van der Waals surface area contributed by atoms with E-state index < -0.39 is 28.9 Å². The average molecular weight is 431 g/mol. The second-order valence-corrected chi connectivity index (χ2v) is 8.41. The molecule has 1 saturated heterocycles. The zero-order valence-corrected chi connectivity index (χ0v) is 17.3. The third kappa shape index (κ3) is 3.20. The Balaban J connectivity index is 1.58. The first kappa shape index (κ1) is 20.3. The molecule has 3 aliphatic heterocycles. The van der Waals surface area contributed by atoms with Crippen molar-refractivity contribution in [3.63, 3.8) is 0 Å². The zero-order chi connectivity index (χ0) is 21.5. The van der Waals surface area contributed by atoms with Crippen LogP contribution >= 0.6 is 11.8 Å². The predicted octanol–water partition coefficient (Wildman–Crippen LogP) is 1.68. The summed E-state index contributed by atoms with van der Waals surface area (Å²) < 4.78 is 10.6. The van der Waals surface area contributed by atoms with E-state index >= 15 is 0 Å². The van der Waals surface area contributed by atoms with Gasteiger partial charge in [-0.1, -0.05) is 23.9 Å². The van der Waals surface area contributed by atoms with E-state index in [0.717, 1.165) is 4.90 Å². The molecule has 0 aromatic heterocycles. The number of hydrogen-bond acceptors (Lipinski definition) is 7. The first-order valence-electron chi connectivity index (χ1n) is 9.63. The number of nitrogens with zero attached hydrogens (tertiary/aromatic N) is 1. The van der Waals surface area contributed by atoms with Gasteiger partial charge < -0.3 is 20.1 Å². The van der Waals surface area contributed by atoms with Crippen LogP contribution in [0.4, 0.5) is 10.5 Å². The van der Waals surface area contributed by atoms with E-state index in [1.165, 1.54) is 16.7 Å². The van der Waals surface area contributed by atoms with Crippen LogP contribution in [0.3, 0.4) is 0 Å². The molecule has 0 spiro atoms. The molecule has 0 unspecified atom stereocenters. The van der Waals surface area contributed by atoms with Crippen molar-refractivity contribution >= 4 is 41.3 Å². The van der Waals surface area contributed by atoms with Gasteiger partial charge >= 0.3 is 18.0 Å². The molecule has 158 valence electrons. The number of urea groups is 1. The van der Waals surface area contributed by atoms with E-state index in [9.17, 15) is 19.2 Å². The number of rotatable bonds is 5. The number of nitrogens with one attached hydrogen (secondary N) is 2. The first-order valence-corrected chi connectivity index (χ1v) is 10.4. The average Bonchev–Trinajstić information content (AvgIpc) is 3.21. The molecule has 1 aromatic carbocycles. The summed E-state index contributed by atoms with van der Waals surface area (Å²) in [6, 6.07) is 6.22. The summed E-state index contributed by atoms with van der Waals surface area (Å²) in [7, 11) is 0. The van der Waals surface area contributed by atoms with Crippen molar-refractivity contribution in [3.05, 3.63) is 35.5 Å². The standard InChI is InChI=1S/C20H21N3O6S/c1-3-28-17(25)16-11(2)21-19(27)22-12(16)10-29-18(26)20-9-8-15(24)23(20)13-6-4-5-7-14(13)30-20/h4-7,11H,3,8-10H2,1-2H3,(H2,21,22,27)/t11-,20-/m0/s1. The van der Waals surface area contributed by atoms with Crippen molar-refractivity contribution in [2.45, 2.75) is 42.5 Å². The Morgan fingerprint density at radius 1 is 1.27 bits per heavy atom. The van der Waals surface area contributed by atoms with E-state index in [1.54, 1.807) is 19.9 Å². The van der Waals surface area contributed by atoms with Crippen molar-refractivity contribution in [2.75, 3.05) is 18.1 Å². The number of esters is 2. The van der Waals surface area contributed by atoms with Crippen LogP contribution in [-0.2, 0) is 23.9 Å². The largest absolute Gasteiger partial charge is 0.463 e. The number of fused-ring (bicyclic) bond motifs is 3. The van der Waals surface area contributed by atoms with Crippen molar-refractivity contribution in [1.29, 1.82) is 0 Å². The lowest BCUT2D eigenvalue weighted by atomic mass is 10.0. The highest BCUT2D eigenvalue weighted by Gasteiger charge is 2.58. The van der Waals surface area contributed by atoms with Crippen LogP contribution in [0.25, 0.3) is 0 Å². The second kappa shape index (κ2) is 7.67. The molecule has 0 aliphatic carbocycles. The van der Waals surface area contributed by atoms with Gasteiger partial charge in [-0.15, -0.1) is 0 Å². The summed E-state index contributed by atoms with van der Waals surface area (Å²) in [6.07, 6.45) is 0.559. The predicted molar refractivity (Wildman–Crippen MR) is 107 cm³/mol. The molecule has 0 radical (unpaired) electrons. The van der Waals surface area contributed by atoms with Gasteiger partial charge in [0, 0.05) is 17.7 Å². The van der Waals surface area contributed by atoms with E-state index in [1.807, 2.05) is 18.2 Å². The van der Waals surface area contributed by atoms with Crippen LogP contribution in [0, 0.1) is 0 Å². The molecule has 30 heavy (non-hydrogen) atoms. The van der Waals surface area contributed by atoms with Crippen molar-refractivity contribution in [1.82, 2.24) is 10.6 Å². The summed E-state index contributed by atoms with van der Waals surface area (Å²) in [5.41, 5.74) is 1.06. The lowest BCUT2D eigenvalue weighted by Crippen LogP contribution is -2.51. The molecule has 0 saturated carbocycles. The molecule has 1 fully saturated rings. The van der Waals surface area contributed by atoms with Crippen LogP contribution < -0.4 is 15.5 Å². The van der Waals surface area contributed by atoms with Crippen LogP contribution in [0.1, 0.15) is 26.7 Å². The third-order valence-corrected chi connectivity index (χ3v) is 6.66. The zero-order valence-electron chi connectivity index (χ0n) is 16.5. The maximum Gasteiger partial charge on any atom is 0.343 e. The molecule has 1 aromatic rings. The van der Waals surface area contributed by atoms with Gasteiger partial charge in [0.15, 0.2) is 4.87 Å². The van der Waals surface area contributed by atoms with E-state index in [4.69, 9.17) is 9.47 Å². The van der Waals surface area contributed by atoms with Crippen LogP contribution in [0.5, 0.6) is 0 Å². The molecule has 3 heterocycles. The fraction of sp³-hybridized carbons (Fsp3) is 0.400. The topological polar surface area (TPSA) is 114 Å². The number of carbonyl (C=O) groups is 4. The van der Waals surface area contributed by atoms with E-state index in [0.29, 0.717) is 12.1 Å². The van der Waals surface area contributed by atoms with Gasteiger partial charge in [-0.3, -0.25) is 9.69 Å². The third-order valence-electron chi connectivity index (χ3n) is 5.21. The minimum atomic E-state index is -1.17. The first-order chi connectivity index (χ1) is 14.4. The highest BCUT2D eigenvalue weighted by atomic mass is 32.2. The fourth-order valence-corrected chi connectivity index (χ4v) is 5.33. The van der Waals surface area contributed by atoms with E-state index in [2.05, 4.69) is 10.6 Å². The van der Waals surface area contributed by atoms with Crippen molar-refractivity contribution in [2.24, 2.45) is 0 Å². The molecule has 9 nitrogen and oxygen atoms in total. The maximum absolute atomic E-state index is 13.2. The second-order valence-electron chi connectivity index (χ2n) is 7.09. The molecular formula is C20H21N3O6S. The summed E-state index contributed by atoms with van der Waals surface area (Å²) in [5, 5.41) is 5.12. The number of thioether (sulfide) groups is 1. The van der Waals surface area contributed by atoms with Gasteiger partial charge in [0.1, 0.15) is 6.61 Å². The van der Waals surface area contributed by atoms with Crippen LogP contribution in [0.2, 0.25) is 0 Å². The van der Waals surface area contributed by atoms with Crippen LogP contribution in [0.15, 0.2) is 40.4 Å². The summed E-state index contributed by atoms with van der Waals surface area (Å²) in [5.74, 6) is -1.33. The Bertz CT molecular complexity index is 977. The number of carbonyl (C=O) groups excluding carboxylic acids is 4. The highest BCUT2D eigenvalue weighted by Crippen LogP contribution is 2.56. The number of hydrogen-bond donors (Lipinski definition) is 2. The molecule has 3 aliphatic rings. The van der Waals surface area contributed by atoms with Gasteiger partial charge in [-0.2, -0.15) is 0 Å². The number of ether oxygens (including phenoxy) is 2.